The third-order valence-corrected chi connectivity index (χ3v) is 8.01. The van der Waals surface area contributed by atoms with Crippen molar-refractivity contribution in [1.29, 1.82) is 0 Å². The van der Waals surface area contributed by atoms with E-state index in [9.17, 15) is 0 Å². The maximum Gasteiger partial charge on any atom is 0.198 e. The molecule has 1 aliphatic heterocycles. The van der Waals surface area contributed by atoms with Crippen molar-refractivity contribution in [2.45, 2.75) is 68.8 Å². The molecule has 12 heteroatoms. The minimum atomic E-state index is -1.69. The lowest BCUT2D eigenvalue weighted by Gasteiger charge is -2.47. The fourth-order valence-corrected chi connectivity index (χ4v) is 2.47. The highest BCUT2D eigenvalue weighted by molar-refractivity contribution is 6.54. The number of hydrogen-bond acceptors (Lipinski definition) is 3. The van der Waals surface area contributed by atoms with Gasteiger partial charge in [0.05, 0.1) is 16.1 Å². The van der Waals surface area contributed by atoms with Gasteiger partial charge in [-0.2, -0.15) is 0 Å². The second-order valence-corrected chi connectivity index (χ2v) is 11.6. The summed E-state index contributed by atoms with van der Waals surface area (Å²) in [5.74, 6) is 0. The normalized spacial score (nSPS) is 30.8. The van der Waals surface area contributed by atoms with Gasteiger partial charge in [-0.1, -0.05) is 69.6 Å². The zero-order valence-electron chi connectivity index (χ0n) is 12.6. The summed E-state index contributed by atoms with van der Waals surface area (Å²) in [5.41, 5.74) is 0. The van der Waals surface area contributed by atoms with Crippen LogP contribution in [0.15, 0.2) is 0 Å². The number of rotatable bonds is 6. The van der Waals surface area contributed by atoms with Gasteiger partial charge >= 0.3 is 0 Å². The van der Waals surface area contributed by atoms with E-state index in [1.807, 2.05) is 0 Å². The molecule has 3 atom stereocenters. The van der Waals surface area contributed by atoms with E-state index in [1.54, 1.807) is 20.8 Å². The molecular weight excluding hydrogens is 511 g/mol. The van der Waals surface area contributed by atoms with Crippen LogP contribution in [0.25, 0.3) is 0 Å². The number of alkyl halides is 9. The molecule has 1 aliphatic rings. The van der Waals surface area contributed by atoms with Crippen LogP contribution in [0.3, 0.4) is 0 Å². The smallest absolute Gasteiger partial charge is 0.198 e. The van der Waals surface area contributed by atoms with Gasteiger partial charge in [0.25, 0.3) is 0 Å². The zero-order valence-corrected chi connectivity index (χ0v) is 19.4. The highest BCUT2D eigenvalue weighted by atomic mass is 35.5. The highest BCUT2D eigenvalue weighted by Crippen LogP contribution is 2.47. The van der Waals surface area contributed by atoms with Crippen LogP contribution in [0, 0.1) is 0 Å². The van der Waals surface area contributed by atoms with E-state index in [0.29, 0.717) is 0 Å². The summed E-state index contributed by atoms with van der Waals surface area (Å²) in [5, 5.41) is -2.36. The van der Waals surface area contributed by atoms with Gasteiger partial charge in [-0.25, -0.2) is 0 Å². The molecule has 0 N–H and O–H groups in total. The summed E-state index contributed by atoms with van der Waals surface area (Å²) in [4.78, 5) is 0. The van der Waals surface area contributed by atoms with Crippen molar-refractivity contribution in [3.63, 3.8) is 0 Å². The number of hydrogen-bond donors (Lipinski definition) is 0. The van der Waals surface area contributed by atoms with Crippen LogP contribution in [0.1, 0.15) is 20.8 Å². The fraction of sp³-hybridized carbons (Fsp3) is 1.00. The Morgan fingerprint density at radius 3 is 0.833 bits per heavy atom. The van der Waals surface area contributed by atoms with E-state index < -0.39 is 48.0 Å². The monoisotopic (exact) mass is 522 g/mol. The van der Waals surface area contributed by atoms with Crippen molar-refractivity contribution < 1.29 is 14.2 Å². The molecule has 0 aliphatic carbocycles. The van der Waals surface area contributed by atoms with Crippen molar-refractivity contribution >= 4 is 104 Å². The molecule has 1 saturated heterocycles. The lowest BCUT2D eigenvalue weighted by atomic mass is 10.2. The largest absolute Gasteiger partial charge is 0.317 e. The van der Waals surface area contributed by atoms with E-state index in [1.165, 1.54) is 0 Å². The molecule has 0 saturated carbocycles. The first-order chi connectivity index (χ1) is 10.6. The van der Waals surface area contributed by atoms with Gasteiger partial charge in [-0.05, 0) is 20.8 Å². The molecule has 0 aromatic heterocycles. The lowest BCUT2D eigenvalue weighted by Crippen LogP contribution is -2.60. The Bertz CT molecular complexity index is 360. The average Bonchev–Trinajstić information content (AvgIpc) is 2.46. The van der Waals surface area contributed by atoms with Gasteiger partial charge in [-0.15, -0.1) is 34.8 Å². The molecule has 3 unspecified atom stereocenters. The van der Waals surface area contributed by atoms with Gasteiger partial charge in [0.1, 0.15) is 0 Å². The summed E-state index contributed by atoms with van der Waals surface area (Å²) in [7, 11) is 0. The Kier molecular flexibility index (Phi) is 9.08. The maximum absolute atomic E-state index is 6.23. The Labute approximate surface area is 186 Å². The molecule has 3 nitrogen and oxygen atoms in total. The second-order valence-electron chi connectivity index (χ2n) is 5.28. The van der Waals surface area contributed by atoms with E-state index in [4.69, 9.17) is 119 Å². The van der Waals surface area contributed by atoms with E-state index in [0.717, 1.165) is 0 Å². The summed E-state index contributed by atoms with van der Waals surface area (Å²) >= 11 is 55.4. The third-order valence-electron chi connectivity index (χ3n) is 3.28. The van der Waals surface area contributed by atoms with Crippen LogP contribution in [-0.2, 0) is 14.2 Å². The maximum atomic E-state index is 6.23. The molecule has 0 bridgehead atoms. The summed E-state index contributed by atoms with van der Waals surface area (Å²) in [6.07, 6.45) is -3.97. The predicted molar refractivity (Wildman–Crippen MR) is 104 cm³/mol. The SMILES string of the molecule is CC(Cl)C(Cl)(Cl)C1OC(C(Cl)(Cl)C(C)Cl)OC(C(Cl)(Cl)C(C)Cl)O1. The predicted octanol–water partition coefficient (Wildman–Crippen LogP) is 6.43. The first-order valence-corrected chi connectivity index (χ1v) is 10.2. The molecule has 1 rings (SSSR count). The fourth-order valence-electron chi connectivity index (χ4n) is 1.54. The molecule has 0 aromatic carbocycles. The topological polar surface area (TPSA) is 27.7 Å². The van der Waals surface area contributed by atoms with Crippen LogP contribution in [0.4, 0.5) is 0 Å². The Balaban J connectivity index is 3.22. The molecule has 1 heterocycles. The van der Waals surface area contributed by atoms with Crippen LogP contribution < -0.4 is 0 Å². The third kappa shape index (κ3) is 5.30. The number of ether oxygens (including phenoxy) is 3. The molecule has 0 aromatic rings. The molecular formula is C12H15Cl9O3. The Morgan fingerprint density at radius 1 is 0.542 bits per heavy atom. The minimum absolute atomic E-state index is 0.785. The van der Waals surface area contributed by atoms with E-state index in [2.05, 4.69) is 0 Å². The molecule has 0 spiro atoms. The summed E-state index contributed by atoms with van der Waals surface area (Å²) in [6, 6.07) is 0. The van der Waals surface area contributed by atoms with Crippen molar-refractivity contribution in [2.24, 2.45) is 0 Å². The molecule has 0 radical (unpaired) electrons. The molecule has 144 valence electrons. The van der Waals surface area contributed by atoms with Crippen LogP contribution in [-0.4, -0.2) is 48.0 Å². The lowest BCUT2D eigenvalue weighted by molar-refractivity contribution is -0.390. The molecule has 24 heavy (non-hydrogen) atoms. The van der Waals surface area contributed by atoms with Crippen molar-refractivity contribution in [3.05, 3.63) is 0 Å². The second kappa shape index (κ2) is 8.88. The van der Waals surface area contributed by atoms with Crippen LogP contribution in [0.5, 0.6) is 0 Å². The van der Waals surface area contributed by atoms with Crippen LogP contribution in [0.2, 0.25) is 0 Å². The quantitative estimate of drug-likeness (QED) is 0.374. The standard InChI is InChI=1S/C12H15Cl9O3/c1-4(13)10(16,17)7-22-8(11(18,19)5(2)14)24-9(23-7)12(20,21)6(3)15/h4-9H,1-3H3. The summed E-state index contributed by atoms with van der Waals surface area (Å²) < 4.78 is 11.5. The van der Waals surface area contributed by atoms with Gasteiger partial charge in [0.15, 0.2) is 31.9 Å². The first-order valence-electron chi connectivity index (χ1n) is 6.67. The Hall–Kier alpha value is 2.49. The van der Waals surface area contributed by atoms with Crippen LogP contribution >= 0.6 is 104 Å². The molecule has 0 amide bonds. The average molecular weight is 526 g/mol. The first kappa shape index (κ1) is 24.5. The minimum Gasteiger partial charge on any atom is -0.317 e. The summed E-state index contributed by atoms with van der Waals surface area (Å²) in [6.45, 7) is 4.64. The van der Waals surface area contributed by atoms with Gasteiger partial charge < -0.3 is 14.2 Å². The van der Waals surface area contributed by atoms with E-state index >= 15 is 0 Å². The van der Waals surface area contributed by atoms with E-state index in [-0.39, 0.29) is 0 Å². The van der Waals surface area contributed by atoms with Gasteiger partial charge in [0, 0.05) is 0 Å². The van der Waals surface area contributed by atoms with Crippen molar-refractivity contribution in [2.75, 3.05) is 0 Å². The van der Waals surface area contributed by atoms with Crippen molar-refractivity contribution in [1.82, 2.24) is 0 Å². The zero-order chi connectivity index (χ0) is 19.1. The highest BCUT2D eigenvalue weighted by Gasteiger charge is 2.57. The van der Waals surface area contributed by atoms with Gasteiger partial charge in [-0.3, -0.25) is 0 Å². The number of halogens is 9. The Morgan fingerprint density at radius 2 is 0.708 bits per heavy atom. The van der Waals surface area contributed by atoms with Gasteiger partial charge in [0.2, 0.25) is 0 Å². The van der Waals surface area contributed by atoms with Crippen molar-refractivity contribution in [3.8, 4) is 0 Å². The molecule has 1 fully saturated rings.